The van der Waals surface area contributed by atoms with Crippen LogP contribution < -0.4 is 5.32 Å². The van der Waals surface area contributed by atoms with Crippen LogP contribution in [0.25, 0.3) is 20.9 Å². The van der Waals surface area contributed by atoms with Crippen molar-refractivity contribution in [3.63, 3.8) is 0 Å². The first-order chi connectivity index (χ1) is 15.4. The molecule has 0 saturated carbocycles. The fourth-order valence-corrected chi connectivity index (χ4v) is 8.42. The molecule has 1 N–H and O–H groups in total. The highest BCUT2D eigenvalue weighted by molar-refractivity contribution is 7.91. The molecular weight excluding hydrogens is 508 g/mol. The Hall–Kier alpha value is -1.89. The van der Waals surface area contributed by atoms with Crippen molar-refractivity contribution in [2.75, 3.05) is 18.4 Å². The molecule has 0 radical (unpaired) electrons. The molecular formula is C20H17ClN4O3S4. The minimum atomic E-state index is -3.66. The van der Waals surface area contributed by atoms with Crippen molar-refractivity contribution in [2.24, 2.45) is 5.92 Å². The molecule has 166 valence electrons. The lowest BCUT2D eigenvalue weighted by Crippen LogP contribution is -2.43. The Labute approximate surface area is 201 Å². The van der Waals surface area contributed by atoms with Gasteiger partial charge in [0.1, 0.15) is 14.9 Å². The van der Waals surface area contributed by atoms with Gasteiger partial charge in [0.25, 0.3) is 10.0 Å². The summed E-state index contributed by atoms with van der Waals surface area (Å²) in [7, 11) is -3.66. The number of piperidine rings is 1. The number of carbonyl (C=O) groups is 1. The second-order valence-corrected chi connectivity index (χ2v) is 13.0. The van der Waals surface area contributed by atoms with Crippen molar-refractivity contribution in [1.29, 1.82) is 0 Å². The summed E-state index contributed by atoms with van der Waals surface area (Å²) in [6, 6.07) is 11.0. The summed E-state index contributed by atoms with van der Waals surface area (Å²) in [5, 5.41) is 6.00. The van der Waals surface area contributed by atoms with Gasteiger partial charge in [0.05, 0.1) is 20.5 Å². The predicted molar refractivity (Wildman–Crippen MR) is 130 cm³/mol. The molecule has 4 heterocycles. The summed E-state index contributed by atoms with van der Waals surface area (Å²) in [5.41, 5.74) is 1.63. The maximum absolute atomic E-state index is 12.9. The average molecular weight is 525 g/mol. The van der Waals surface area contributed by atoms with Gasteiger partial charge in [0.2, 0.25) is 5.91 Å². The van der Waals surface area contributed by atoms with Crippen molar-refractivity contribution < 1.29 is 13.2 Å². The monoisotopic (exact) mass is 524 g/mol. The smallest absolute Gasteiger partial charge is 0.252 e. The highest BCUT2D eigenvalue weighted by Gasteiger charge is 2.34. The molecule has 32 heavy (non-hydrogen) atoms. The number of thiazole rings is 2. The molecule has 0 bridgehead atoms. The topological polar surface area (TPSA) is 92.3 Å². The minimum Gasteiger partial charge on any atom is -0.302 e. The van der Waals surface area contributed by atoms with Gasteiger partial charge in [-0.1, -0.05) is 23.7 Å². The van der Waals surface area contributed by atoms with Crippen molar-refractivity contribution in [2.45, 2.75) is 17.1 Å². The van der Waals surface area contributed by atoms with Crippen molar-refractivity contribution >= 4 is 76.9 Å². The highest BCUT2D eigenvalue weighted by Crippen LogP contribution is 2.33. The Bertz CT molecular complexity index is 1360. The number of para-hydroxylation sites is 1. The standard InChI is InChI=1S/C20H17ClN4O3S4/c21-16-7-8-17(31-16)32(27,28)25-9-3-4-12(10-25)18(26)24-20-23-14(11-29-20)19-22-13-5-1-2-6-15(13)30-19/h1-2,5-8,11-12H,3-4,9-10H2,(H,23,24,26). The molecule has 1 aromatic carbocycles. The Morgan fingerprint density at radius 1 is 1.16 bits per heavy atom. The van der Waals surface area contributed by atoms with Crippen LogP contribution in [0, 0.1) is 5.92 Å². The predicted octanol–water partition coefficient (Wildman–Crippen LogP) is 5.17. The van der Waals surface area contributed by atoms with E-state index in [4.69, 9.17) is 11.6 Å². The first-order valence-corrected chi connectivity index (χ1v) is 14.1. The van der Waals surface area contributed by atoms with E-state index in [9.17, 15) is 13.2 Å². The third-order valence-electron chi connectivity index (χ3n) is 5.14. The van der Waals surface area contributed by atoms with Gasteiger partial charge < -0.3 is 5.32 Å². The van der Waals surface area contributed by atoms with Crippen molar-refractivity contribution in [3.8, 4) is 10.7 Å². The van der Waals surface area contributed by atoms with Gasteiger partial charge in [0.15, 0.2) is 5.13 Å². The summed E-state index contributed by atoms with van der Waals surface area (Å²) in [4.78, 5) is 22.0. The molecule has 1 aliphatic rings. The van der Waals surface area contributed by atoms with Crippen LogP contribution in [0.1, 0.15) is 12.8 Å². The third-order valence-corrected chi connectivity index (χ3v) is 10.5. The zero-order valence-corrected chi connectivity index (χ0v) is 20.5. The summed E-state index contributed by atoms with van der Waals surface area (Å²) < 4.78 is 28.9. The Balaban J connectivity index is 1.28. The van der Waals surface area contributed by atoms with E-state index in [0.717, 1.165) is 26.6 Å². The number of rotatable bonds is 5. The second kappa shape index (κ2) is 8.81. The number of carbonyl (C=O) groups excluding carboxylic acids is 1. The molecule has 1 saturated heterocycles. The number of fused-ring (bicyclic) bond motifs is 1. The van der Waals surface area contributed by atoms with E-state index in [2.05, 4.69) is 15.3 Å². The van der Waals surface area contributed by atoms with Gasteiger partial charge in [0, 0.05) is 18.5 Å². The van der Waals surface area contributed by atoms with Crippen LogP contribution in [0.5, 0.6) is 0 Å². The first-order valence-electron chi connectivity index (χ1n) is 9.78. The van der Waals surface area contributed by atoms with Crippen LogP contribution in [0.4, 0.5) is 5.13 Å². The number of thiophene rings is 1. The number of nitrogens with one attached hydrogen (secondary N) is 1. The number of anilines is 1. The number of amides is 1. The summed E-state index contributed by atoms with van der Waals surface area (Å²) >= 11 is 9.81. The molecule has 3 aromatic heterocycles. The quantitative estimate of drug-likeness (QED) is 0.388. The van der Waals surface area contributed by atoms with Crippen molar-refractivity contribution in [1.82, 2.24) is 14.3 Å². The molecule has 0 aliphatic carbocycles. The van der Waals surface area contributed by atoms with Crippen LogP contribution in [-0.4, -0.2) is 41.7 Å². The fraction of sp³-hybridized carbons (Fsp3) is 0.250. The molecule has 4 aromatic rings. The molecule has 1 unspecified atom stereocenters. The third kappa shape index (κ3) is 4.33. The Morgan fingerprint density at radius 2 is 2.00 bits per heavy atom. The number of halogens is 1. The zero-order valence-electron chi connectivity index (χ0n) is 16.5. The van der Waals surface area contributed by atoms with Gasteiger partial charge in [-0.15, -0.1) is 34.0 Å². The fourth-order valence-electron chi connectivity index (χ4n) is 3.56. The number of hydrogen-bond acceptors (Lipinski definition) is 8. The van der Waals surface area contributed by atoms with E-state index in [1.54, 1.807) is 17.4 Å². The lowest BCUT2D eigenvalue weighted by atomic mass is 9.99. The minimum absolute atomic E-state index is 0.139. The van der Waals surface area contributed by atoms with Crippen molar-refractivity contribution in [3.05, 3.63) is 46.1 Å². The molecule has 0 spiro atoms. The molecule has 12 heteroatoms. The van der Waals surface area contributed by atoms with Crippen LogP contribution in [0.15, 0.2) is 46.0 Å². The van der Waals surface area contributed by atoms with Gasteiger partial charge in [-0.3, -0.25) is 4.79 Å². The summed E-state index contributed by atoms with van der Waals surface area (Å²) in [6.45, 7) is 0.528. The number of nitrogens with zero attached hydrogens (tertiary/aromatic N) is 3. The summed E-state index contributed by atoms with van der Waals surface area (Å²) in [5.74, 6) is -0.664. The number of sulfonamides is 1. The average Bonchev–Trinajstić information content (AvgIpc) is 3.53. The molecule has 1 fully saturated rings. The molecule has 1 aliphatic heterocycles. The molecule has 5 rings (SSSR count). The lowest BCUT2D eigenvalue weighted by Gasteiger charge is -2.30. The van der Waals surface area contributed by atoms with Gasteiger partial charge in [-0.2, -0.15) is 4.31 Å². The van der Waals surface area contributed by atoms with Crippen LogP contribution in [-0.2, 0) is 14.8 Å². The van der Waals surface area contributed by atoms with E-state index in [1.165, 1.54) is 21.7 Å². The number of benzene rings is 1. The molecule has 1 atom stereocenters. The SMILES string of the molecule is O=C(Nc1nc(-c2nc3ccccc3s2)cs1)C1CCCN(S(=O)(=O)c2ccc(Cl)s2)C1. The number of hydrogen-bond donors (Lipinski definition) is 1. The zero-order chi connectivity index (χ0) is 22.3. The molecule has 7 nitrogen and oxygen atoms in total. The van der Waals surface area contributed by atoms with E-state index in [1.807, 2.05) is 29.6 Å². The second-order valence-electron chi connectivity index (χ2n) is 7.27. The maximum Gasteiger partial charge on any atom is 0.252 e. The Morgan fingerprint density at radius 3 is 2.78 bits per heavy atom. The number of aromatic nitrogens is 2. The van der Waals surface area contributed by atoms with E-state index < -0.39 is 15.9 Å². The Kier molecular flexibility index (Phi) is 6.03. The lowest BCUT2D eigenvalue weighted by molar-refractivity contribution is -0.120. The van der Waals surface area contributed by atoms with Gasteiger partial charge in [-0.25, -0.2) is 18.4 Å². The van der Waals surface area contributed by atoms with E-state index in [-0.39, 0.29) is 16.7 Å². The van der Waals surface area contributed by atoms with E-state index >= 15 is 0 Å². The van der Waals surface area contributed by atoms with E-state index in [0.29, 0.717) is 34.5 Å². The normalized spacial score (nSPS) is 17.6. The van der Waals surface area contributed by atoms with Gasteiger partial charge >= 0.3 is 0 Å². The largest absolute Gasteiger partial charge is 0.302 e. The molecule has 1 amide bonds. The van der Waals surface area contributed by atoms with Gasteiger partial charge in [-0.05, 0) is 37.1 Å². The van der Waals surface area contributed by atoms with Crippen LogP contribution >= 0.6 is 45.6 Å². The summed E-state index contributed by atoms with van der Waals surface area (Å²) in [6.07, 6.45) is 1.24. The maximum atomic E-state index is 12.9. The van der Waals surface area contributed by atoms with Crippen LogP contribution in [0.2, 0.25) is 4.34 Å². The highest BCUT2D eigenvalue weighted by atomic mass is 35.5. The van der Waals surface area contributed by atoms with Crippen LogP contribution in [0.3, 0.4) is 0 Å². The first kappa shape index (κ1) is 21.9.